The predicted molar refractivity (Wildman–Crippen MR) is 99.4 cm³/mol. The fraction of sp³-hybridized carbons (Fsp3) is 0.222. The third-order valence-electron chi connectivity index (χ3n) is 4.16. The van der Waals surface area contributed by atoms with Crippen LogP contribution in [-0.4, -0.2) is 47.6 Å². The molecule has 0 unspecified atom stereocenters. The second kappa shape index (κ2) is 7.04. The summed E-state index contributed by atoms with van der Waals surface area (Å²) in [6.07, 6.45) is 4.45. The van der Waals surface area contributed by atoms with Gasteiger partial charge in [-0.25, -0.2) is 13.2 Å². The Kier molecular flexibility index (Phi) is 4.55. The zero-order valence-electron chi connectivity index (χ0n) is 14.9. The Balaban J connectivity index is 1.40. The van der Waals surface area contributed by atoms with Crippen LogP contribution in [0, 0.1) is 6.92 Å². The topological polar surface area (TPSA) is 115 Å². The molecule has 3 heterocycles. The Bertz CT molecular complexity index is 1110. The maximum Gasteiger partial charge on any atom is 0.340 e. The standard InChI is InChI=1S/C18H16N4O5S/c1-12-2-4-13(5-3-12)17-19-16(27-20-17)11-26-18(23)14-6-7-15-21-28(24,25)9-8-22(15)10-14/h2-7,10H,8-9,11H2,1H3. The van der Waals surface area contributed by atoms with Crippen LogP contribution >= 0.6 is 0 Å². The number of sulfonamides is 1. The summed E-state index contributed by atoms with van der Waals surface area (Å²) in [5.74, 6) is 0.183. The zero-order valence-corrected chi connectivity index (χ0v) is 15.7. The van der Waals surface area contributed by atoms with Crippen LogP contribution in [0.2, 0.25) is 0 Å². The van der Waals surface area contributed by atoms with Gasteiger partial charge in [0, 0.05) is 18.3 Å². The molecule has 0 fully saturated rings. The molecule has 144 valence electrons. The van der Waals surface area contributed by atoms with Crippen molar-refractivity contribution < 1.29 is 22.5 Å². The Morgan fingerprint density at radius 2 is 2.04 bits per heavy atom. The van der Waals surface area contributed by atoms with Crippen molar-refractivity contribution in [2.45, 2.75) is 13.5 Å². The van der Waals surface area contributed by atoms with Gasteiger partial charge in [0.05, 0.1) is 11.3 Å². The molecule has 0 atom stereocenters. The molecule has 2 aliphatic heterocycles. The molecular weight excluding hydrogens is 384 g/mol. The number of carbonyl (C=O) groups excluding carboxylic acids is 1. The SMILES string of the molecule is Cc1ccc(-c2noc(COC(=O)C3=CN4CCS(=O)(=O)N=C4C=C3)n2)cc1. The van der Waals surface area contributed by atoms with Crippen LogP contribution in [0.3, 0.4) is 0 Å². The third-order valence-corrected chi connectivity index (χ3v) is 5.33. The van der Waals surface area contributed by atoms with E-state index >= 15 is 0 Å². The van der Waals surface area contributed by atoms with Gasteiger partial charge in [-0.15, -0.1) is 4.40 Å². The van der Waals surface area contributed by atoms with Crippen LogP contribution in [0.1, 0.15) is 11.5 Å². The minimum atomic E-state index is -3.44. The largest absolute Gasteiger partial charge is 0.452 e. The molecule has 0 bridgehead atoms. The van der Waals surface area contributed by atoms with Crippen molar-refractivity contribution >= 4 is 21.8 Å². The second-order valence-corrected chi connectivity index (χ2v) is 8.06. The quantitative estimate of drug-likeness (QED) is 0.711. The van der Waals surface area contributed by atoms with Crippen LogP contribution in [0.5, 0.6) is 0 Å². The highest BCUT2D eigenvalue weighted by Crippen LogP contribution is 2.19. The van der Waals surface area contributed by atoms with Crippen molar-refractivity contribution in [2.75, 3.05) is 12.3 Å². The Morgan fingerprint density at radius 1 is 1.25 bits per heavy atom. The minimum Gasteiger partial charge on any atom is -0.452 e. The van der Waals surface area contributed by atoms with Crippen LogP contribution in [-0.2, 0) is 26.2 Å². The smallest absolute Gasteiger partial charge is 0.340 e. The number of fused-ring (bicyclic) bond motifs is 1. The van der Waals surface area contributed by atoms with Gasteiger partial charge in [-0.3, -0.25) is 0 Å². The van der Waals surface area contributed by atoms with Gasteiger partial charge >= 0.3 is 5.97 Å². The van der Waals surface area contributed by atoms with E-state index in [0.717, 1.165) is 11.1 Å². The molecule has 28 heavy (non-hydrogen) atoms. The molecule has 10 heteroatoms. The summed E-state index contributed by atoms with van der Waals surface area (Å²) >= 11 is 0. The van der Waals surface area contributed by atoms with E-state index in [1.54, 1.807) is 4.90 Å². The summed E-state index contributed by atoms with van der Waals surface area (Å²) in [7, 11) is -3.44. The molecule has 0 amide bonds. The lowest BCUT2D eigenvalue weighted by Gasteiger charge is -2.26. The molecule has 4 rings (SSSR count). The second-order valence-electron chi connectivity index (χ2n) is 6.30. The number of hydrogen-bond donors (Lipinski definition) is 0. The lowest BCUT2D eigenvalue weighted by Crippen LogP contribution is -2.37. The lowest BCUT2D eigenvalue weighted by molar-refractivity contribution is -0.140. The molecule has 0 N–H and O–H groups in total. The molecule has 0 aliphatic carbocycles. The molecule has 0 spiro atoms. The third kappa shape index (κ3) is 3.86. The molecule has 2 aromatic rings. The van der Waals surface area contributed by atoms with E-state index in [9.17, 15) is 13.2 Å². The van der Waals surface area contributed by atoms with Crippen molar-refractivity contribution in [1.82, 2.24) is 15.0 Å². The highest BCUT2D eigenvalue weighted by molar-refractivity contribution is 7.90. The van der Waals surface area contributed by atoms with Gasteiger partial charge in [0.1, 0.15) is 5.84 Å². The number of hydrogen-bond acceptors (Lipinski definition) is 8. The van der Waals surface area contributed by atoms with E-state index in [-0.39, 0.29) is 36.2 Å². The maximum atomic E-state index is 12.3. The van der Waals surface area contributed by atoms with Crippen molar-refractivity contribution in [3.63, 3.8) is 0 Å². The summed E-state index contributed by atoms with van der Waals surface area (Å²) in [6, 6.07) is 7.64. The first kappa shape index (κ1) is 18.1. The van der Waals surface area contributed by atoms with E-state index < -0.39 is 16.0 Å². The van der Waals surface area contributed by atoms with Gasteiger partial charge in [0.2, 0.25) is 5.82 Å². The molecule has 1 aromatic heterocycles. The van der Waals surface area contributed by atoms with E-state index in [1.807, 2.05) is 31.2 Å². The molecule has 2 aliphatic rings. The number of ether oxygens (including phenoxy) is 1. The van der Waals surface area contributed by atoms with Crippen LogP contribution < -0.4 is 0 Å². The van der Waals surface area contributed by atoms with Gasteiger partial charge < -0.3 is 14.2 Å². The first-order chi connectivity index (χ1) is 13.4. The van der Waals surface area contributed by atoms with E-state index in [2.05, 4.69) is 14.5 Å². The first-order valence-electron chi connectivity index (χ1n) is 8.45. The van der Waals surface area contributed by atoms with E-state index in [4.69, 9.17) is 9.26 Å². The molecule has 0 radical (unpaired) electrons. The molecule has 9 nitrogen and oxygen atoms in total. The number of aromatic nitrogens is 2. The average Bonchev–Trinajstić information content (AvgIpc) is 3.14. The van der Waals surface area contributed by atoms with Crippen LogP contribution in [0.25, 0.3) is 11.4 Å². The molecule has 1 aromatic carbocycles. The summed E-state index contributed by atoms with van der Waals surface area (Å²) in [5, 5.41) is 3.89. The fourth-order valence-corrected chi connectivity index (χ4v) is 3.64. The molecule has 0 saturated heterocycles. The number of rotatable bonds is 4. The summed E-state index contributed by atoms with van der Waals surface area (Å²) in [6.45, 7) is 2.04. The van der Waals surface area contributed by atoms with Crippen molar-refractivity contribution in [3.8, 4) is 11.4 Å². The number of carbonyl (C=O) groups is 1. The summed E-state index contributed by atoms with van der Waals surface area (Å²) in [4.78, 5) is 18.1. The zero-order chi connectivity index (χ0) is 19.7. The minimum absolute atomic E-state index is 0.104. The van der Waals surface area contributed by atoms with Gasteiger partial charge in [-0.05, 0) is 19.1 Å². The average molecular weight is 400 g/mol. The Morgan fingerprint density at radius 3 is 2.82 bits per heavy atom. The number of aryl methyl sites for hydroxylation is 1. The Labute approximate surface area is 161 Å². The van der Waals surface area contributed by atoms with Crippen LogP contribution in [0.4, 0.5) is 0 Å². The molecule has 0 saturated carbocycles. The monoisotopic (exact) mass is 400 g/mol. The highest BCUT2D eigenvalue weighted by atomic mass is 32.2. The molecular formula is C18H16N4O5S. The summed E-state index contributed by atoms with van der Waals surface area (Å²) in [5.41, 5.74) is 2.20. The normalized spacial score (nSPS) is 17.5. The predicted octanol–water partition coefficient (Wildman–Crippen LogP) is 1.59. The number of nitrogens with zero attached hydrogens (tertiary/aromatic N) is 4. The lowest BCUT2D eigenvalue weighted by atomic mass is 10.1. The van der Waals surface area contributed by atoms with Gasteiger partial charge in [0.25, 0.3) is 15.9 Å². The fourth-order valence-electron chi connectivity index (χ4n) is 2.67. The van der Waals surface area contributed by atoms with Crippen molar-refractivity contribution in [1.29, 1.82) is 0 Å². The van der Waals surface area contributed by atoms with Gasteiger partial charge in [-0.1, -0.05) is 35.0 Å². The van der Waals surface area contributed by atoms with Gasteiger partial charge in [-0.2, -0.15) is 4.98 Å². The van der Waals surface area contributed by atoms with Crippen LogP contribution in [0.15, 0.2) is 57.1 Å². The maximum absolute atomic E-state index is 12.3. The number of amidine groups is 1. The summed E-state index contributed by atoms with van der Waals surface area (Å²) < 4.78 is 37.0. The van der Waals surface area contributed by atoms with E-state index in [0.29, 0.717) is 5.82 Å². The van der Waals surface area contributed by atoms with E-state index in [1.165, 1.54) is 18.4 Å². The Hall–Kier alpha value is -3.27. The van der Waals surface area contributed by atoms with Gasteiger partial charge in [0.15, 0.2) is 6.61 Å². The first-order valence-corrected chi connectivity index (χ1v) is 10.1. The number of benzene rings is 1. The van der Waals surface area contributed by atoms with Crippen molar-refractivity contribution in [3.05, 3.63) is 59.6 Å². The van der Waals surface area contributed by atoms with Crippen molar-refractivity contribution in [2.24, 2.45) is 4.40 Å². The highest BCUT2D eigenvalue weighted by Gasteiger charge is 2.25. The number of esters is 1.